The third-order valence-corrected chi connectivity index (χ3v) is 11.5. The molecule has 3 N–H and O–H groups in total. The standard InChI is InChI=1S/C34H39F3N4O6S/c1-22-20-38-21-24(41(22)48(45,46)25-7-4-3-5-8-25)12-13-26-27(35)9-6-10-30(26)39-32(42)31(40(2)33(43)44)34(15-17-47-18-16-34)23-11-14-28(36)29(37)19-23/h3-11,14,19,22,24,31,38H,12-13,15-18,20-21H2,1-2H3,(H,39,42)(H,43,44)/t22-,24-,31+/m0/s1. The van der Waals surface area contributed by atoms with Crippen LogP contribution in [0, 0.1) is 17.5 Å². The van der Waals surface area contributed by atoms with E-state index >= 15 is 4.39 Å². The van der Waals surface area contributed by atoms with Crippen LogP contribution >= 0.6 is 0 Å². The molecule has 2 fully saturated rings. The minimum Gasteiger partial charge on any atom is -0.465 e. The average Bonchev–Trinajstić information content (AvgIpc) is 3.06. The van der Waals surface area contributed by atoms with Gasteiger partial charge in [0.05, 0.1) is 4.90 Å². The topological polar surface area (TPSA) is 128 Å². The van der Waals surface area contributed by atoms with E-state index in [-0.39, 0.29) is 66.6 Å². The molecule has 0 saturated carbocycles. The summed E-state index contributed by atoms with van der Waals surface area (Å²) in [5, 5.41) is 16.0. The van der Waals surface area contributed by atoms with Gasteiger partial charge in [-0.05, 0) is 74.6 Å². The van der Waals surface area contributed by atoms with Gasteiger partial charge in [0.2, 0.25) is 15.9 Å². The fourth-order valence-corrected chi connectivity index (χ4v) is 8.85. The van der Waals surface area contributed by atoms with Crippen molar-refractivity contribution in [2.24, 2.45) is 0 Å². The van der Waals surface area contributed by atoms with E-state index in [1.165, 1.54) is 47.8 Å². The fourth-order valence-electron chi connectivity index (χ4n) is 6.99. The van der Waals surface area contributed by atoms with Crippen LogP contribution in [0.2, 0.25) is 0 Å². The number of rotatable bonds is 10. The van der Waals surface area contributed by atoms with Gasteiger partial charge in [-0.25, -0.2) is 26.4 Å². The van der Waals surface area contributed by atoms with E-state index in [9.17, 15) is 31.9 Å². The van der Waals surface area contributed by atoms with E-state index in [4.69, 9.17) is 4.74 Å². The van der Waals surface area contributed by atoms with E-state index in [1.807, 2.05) is 0 Å². The highest BCUT2D eigenvalue weighted by Crippen LogP contribution is 2.41. The molecular formula is C34H39F3N4O6S. The van der Waals surface area contributed by atoms with Crippen LogP contribution < -0.4 is 10.6 Å². The largest absolute Gasteiger partial charge is 0.465 e. The van der Waals surface area contributed by atoms with Crippen LogP contribution in [0.3, 0.4) is 0 Å². The van der Waals surface area contributed by atoms with Gasteiger partial charge in [-0.2, -0.15) is 4.31 Å². The van der Waals surface area contributed by atoms with Crippen molar-refractivity contribution in [3.8, 4) is 0 Å². The van der Waals surface area contributed by atoms with Crippen molar-refractivity contribution in [3.63, 3.8) is 0 Å². The van der Waals surface area contributed by atoms with E-state index in [1.54, 1.807) is 25.1 Å². The van der Waals surface area contributed by atoms with Crippen molar-refractivity contribution in [3.05, 3.63) is 95.3 Å². The van der Waals surface area contributed by atoms with Crippen molar-refractivity contribution in [2.75, 3.05) is 38.7 Å². The first-order valence-electron chi connectivity index (χ1n) is 15.7. The molecule has 5 rings (SSSR count). The zero-order valence-electron chi connectivity index (χ0n) is 26.7. The van der Waals surface area contributed by atoms with Crippen LogP contribution in [0.25, 0.3) is 0 Å². The zero-order valence-corrected chi connectivity index (χ0v) is 27.5. The average molecular weight is 689 g/mol. The van der Waals surface area contributed by atoms with Crippen molar-refractivity contribution >= 4 is 27.7 Å². The molecule has 3 aromatic rings. The number of sulfonamides is 1. The molecule has 2 saturated heterocycles. The molecule has 3 aromatic carbocycles. The summed E-state index contributed by atoms with van der Waals surface area (Å²) in [5.74, 6) is -3.65. The number of hydrogen-bond acceptors (Lipinski definition) is 6. The molecule has 0 aromatic heterocycles. The number of benzene rings is 3. The van der Waals surface area contributed by atoms with E-state index in [0.717, 1.165) is 17.0 Å². The van der Waals surface area contributed by atoms with Crippen molar-refractivity contribution in [2.45, 2.75) is 61.0 Å². The van der Waals surface area contributed by atoms with E-state index < -0.39 is 57.0 Å². The second-order valence-electron chi connectivity index (χ2n) is 12.3. The quantitative estimate of drug-likeness (QED) is 0.281. The molecule has 0 radical (unpaired) electrons. The summed E-state index contributed by atoms with van der Waals surface area (Å²) in [4.78, 5) is 27.5. The third-order valence-electron chi connectivity index (χ3n) is 9.38. The Balaban J connectivity index is 1.46. The summed E-state index contributed by atoms with van der Waals surface area (Å²) in [6.45, 7) is 2.84. The van der Waals surface area contributed by atoms with Gasteiger partial charge in [0, 0.05) is 62.1 Å². The first kappa shape index (κ1) is 35.3. The van der Waals surface area contributed by atoms with Gasteiger partial charge in [0.15, 0.2) is 11.6 Å². The second-order valence-corrected chi connectivity index (χ2v) is 14.1. The molecule has 0 aliphatic carbocycles. The molecule has 10 nitrogen and oxygen atoms in total. The first-order chi connectivity index (χ1) is 22.9. The normalized spacial score (nSPS) is 20.5. The molecule has 2 heterocycles. The Morgan fingerprint density at radius 3 is 2.40 bits per heavy atom. The minimum atomic E-state index is -3.88. The van der Waals surface area contributed by atoms with E-state index in [2.05, 4.69) is 10.6 Å². The Bertz CT molecular complexity index is 1740. The van der Waals surface area contributed by atoms with Gasteiger partial charge in [-0.1, -0.05) is 30.3 Å². The SMILES string of the molecule is C[C@H]1CNC[C@H](CCc2c(F)cccc2NC(=O)[C@@H](N(C)C(=O)O)C2(c3ccc(F)c(F)c3)CCOCC2)N1S(=O)(=O)c1ccccc1. The van der Waals surface area contributed by atoms with Crippen LogP contribution in [-0.4, -0.2) is 86.2 Å². The number of carbonyl (C=O) groups excluding carboxylic acids is 1. The maximum absolute atomic E-state index is 15.5. The number of amides is 2. The Kier molecular flexibility index (Phi) is 10.8. The number of hydrogen-bond donors (Lipinski definition) is 3. The van der Waals surface area contributed by atoms with Gasteiger partial charge in [-0.3, -0.25) is 9.69 Å². The van der Waals surface area contributed by atoms with Crippen molar-refractivity contribution in [1.29, 1.82) is 0 Å². The summed E-state index contributed by atoms with van der Waals surface area (Å²) in [7, 11) is -2.66. The summed E-state index contributed by atoms with van der Waals surface area (Å²) in [6, 6.07) is 13.1. The number of ether oxygens (including phenoxy) is 1. The third kappa shape index (κ3) is 7.07. The molecule has 0 bridgehead atoms. The maximum atomic E-state index is 15.5. The number of piperazine rings is 1. The Morgan fingerprint density at radius 2 is 1.73 bits per heavy atom. The Labute approximate surface area is 277 Å². The number of carboxylic acid groups (broad SMARTS) is 1. The predicted octanol–water partition coefficient (Wildman–Crippen LogP) is 4.75. The van der Waals surface area contributed by atoms with Gasteiger partial charge < -0.3 is 20.5 Å². The number of halogens is 3. The highest BCUT2D eigenvalue weighted by Gasteiger charge is 2.49. The minimum absolute atomic E-state index is 0.0454. The van der Waals surface area contributed by atoms with Crippen LogP contribution in [-0.2, 0) is 31.4 Å². The lowest BCUT2D eigenvalue weighted by Crippen LogP contribution is -2.59. The molecule has 2 amide bonds. The zero-order chi connectivity index (χ0) is 34.6. The number of likely N-dealkylation sites (N-methyl/N-ethyl adjacent to an activating group) is 1. The lowest BCUT2D eigenvalue weighted by Gasteiger charge is -2.45. The monoisotopic (exact) mass is 688 g/mol. The summed E-state index contributed by atoms with van der Waals surface area (Å²) in [5.41, 5.74) is -0.860. The number of anilines is 1. The Morgan fingerprint density at radius 1 is 1.02 bits per heavy atom. The van der Waals surface area contributed by atoms with Gasteiger partial charge in [-0.15, -0.1) is 0 Å². The lowest BCUT2D eigenvalue weighted by atomic mass is 9.67. The molecular weight excluding hydrogens is 649 g/mol. The highest BCUT2D eigenvalue weighted by molar-refractivity contribution is 7.89. The smallest absolute Gasteiger partial charge is 0.407 e. The molecule has 48 heavy (non-hydrogen) atoms. The summed E-state index contributed by atoms with van der Waals surface area (Å²) >= 11 is 0. The van der Waals surface area contributed by atoms with E-state index in [0.29, 0.717) is 13.1 Å². The highest BCUT2D eigenvalue weighted by atomic mass is 32.2. The number of carbonyl (C=O) groups is 2. The van der Waals surface area contributed by atoms with Crippen molar-refractivity contribution in [1.82, 2.24) is 14.5 Å². The van der Waals surface area contributed by atoms with Crippen LogP contribution in [0.4, 0.5) is 23.7 Å². The van der Waals surface area contributed by atoms with Crippen molar-refractivity contribution < 1.29 is 41.0 Å². The summed E-state index contributed by atoms with van der Waals surface area (Å²) < 4.78 is 78.3. The molecule has 2 aliphatic heterocycles. The maximum Gasteiger partial charge on any atom is 0.407 e. The molecule has 2 aliphatic rings. The summed E-state index contributed by atoms with van der Waals surface area (Å²) in [6.07, 6.45) is -0.919. The molecule has 258 valence electrons. The van der Waals surface area contributed by atoms with Gasteiger partial charge in [0.1, 0.15) is 11.9 Å². The number of nitrogens with one attached hydrogen (secondary N) is 2. The number of nitrogens with zero attached hydrogens (tertiary/aromatic N) is 2. The molecule has 14 heteroatoms. The first-order valence-corrected chi connectivity index (χ1v) is 17.2. The molecule has 3 atom stereocenters. The lowest BCUT2D eigenvalue weighted by molar-refractivity contribution is -0.124. The van der Waals surface area contributed by atoms with Gasteiger partial charge in [0.25, 0.3) is 0 Å². The Hall–Kier alpha value is -3.98. The molecule has 0 unspecified atom stereocenters. The fraction of sp³-hybridized carbons (Fsp3) is 0.412. The van der Waals surface area contributed by atoms with Crippen LogP contribution in [0.1, 0.15) is 37.3 Å². The van der Waals surface area contributed by atoms with Gasteiger partial charge >= 0.3 is 6.09 Å². The molecule has 0 spiro atoms. The van der Waals surface area contributed by atoms with Crippen LogP contribution in [0.5, 0.6) is 0 Å². The second kappa shape index (κ2) is 14.6. The van der Waals surface area contributed by atoms with Crippen LogP contribution in [0.15, 0.2) is 71.6 Å². The predicted molar refractivity (Wildman–Crippen MR) is 173 cm³/mol.